The fourth-order valence-electron chi connectivity index (χ4n) is 1.19. The molecule has 16 heavy (non-hydrogen) atoms. The number of rotatable bonds is 3. The molecule has 1 rings (SSSR count). The van der Waals surface area contributed by atoms with Gasteiger partial charge in [0.1, 0.15) is 5.56 Å². The van der Waals surface area contributed by atoms with Gasteiger partial charge < -0.3 is 9.47 Å². The highest BCUT2D eigenvalue weighted by Crippen LogP contribution is 2.34. The Labute approximate surface area is 99.4 Å². The highest BCUT2D eigenvalue weighted by Gasteiger charge is 2.24. The Morgan fingerprint density at radius 2 is 2.06 bits per heavy atom. The maximum Gasteiger partial charge on any atom is 0.341 e. The Balaban J connectivity index is 3.48. The molecule has 0 fully saturated rings. The van der Waals surface area contributed by atoms with Gasteiger partial charge in [0.05, 0.1) is 19.1 Å². The average molecular weight is 290 g/mol. The first-order chi connectivity index (χ1) is 7.51. The lowest BCUT2D eigenvalue weighted by Gasteiger charge is -2.07. The second-order valence-electron chi connectivity index (χ2n) is 2.75. The zero-order valence-corrected chi connectivity index (χ0v) is 10.1. The number of benzene rings is 1. The van der Waals surface area contributed by atoms with Crippen LogP contribution in [0.4, 0.5) is 5.69 Å². The van der Waals surface area contributed by atoms with Gasteiger partial charge in [0.15, 0.2) is 0 Å². The standard InChI is InChI=1S/C9H8BrNO5/c1-15-8-6(9(12)16-2)3-5(10)4-7(8)11(13)14/h3-4H,1-2H3. The normalized spacial score (nSPS) is 9.69. The van der Waals surface area contributed by atoms with Crippen LogP contribution in [-0.2, 0) is 4.74 Å². The predicted octanol–water partition coefficient (Wildman–Crippen LogP) is 2.15. The van der Waals surface area contributed by atoms with Crippen LogP contribution in [0.2, 0.25) is 0 Å². The summed E-state index contributed by atoms with van der Waals surface area (Å²) in [5.41, 5.74) is -0.289. The van der Waals surface area contributed by atoms with Crippen molar-refractivity contribution in [3.63, 3.8) is 0 Å². The summed E-state index contributed by atoms with van der Waals surface area (Å²) in [6, 6.07) is 2.66. The van der Waals surface area contributed by atoms with Gasteiger partial charge in [-0.25, -0.2) is 4.79 Å². The number of hydrogen-bond donors (Lipinski definition) is 0. The molecule has 0 N–H and O–H groups in total. The van der Waals surface area contributed by atoms with E-state index in [0.29, 0.717) is 4.47 Å². The Morgan fingerprint density at radius 3 is 2.50 bits per heavy atom. The summed E-state index contributed by atoms with van der Waals surface area (Å²) in [5, 5.41) is 10.7. The van der Waals surface area contributed by atoms with Crippen LogP contribution in [0.15, 0.2) is 16.6 Å². The zero-order chi connectivity index (χ0) is 12.3. The topological polar surface area (TPSA) is 78.7 Å². The van der Waals surface area contributed by atoms with Crippen molar-refractivity contribution in [2.24, 2.45) is 0 Å². The molecule has 0 amide bonds. The minimum Gasteiger partial charge on any atom is -0.490 e. The molecule has 0 aromatic heterocycles. The van der Waals surface area contributed by atoms with Gasteiger partial charge in [0.2, 0.25) is 5.75 Å². The Morgan fingerprint density at radius 1 is 1.44 bits per heavy atom. The largest absolute Gasteiger partial charge is 0.490 e. The number of halogens is 1. The molecule has 0 aliphatic rings. The minimum absolute atomic E-state index is 0.00563. The van der Waals surface area contributed by atoms with Crippen LogP contribution in [0.1, 0.15) is 10.4 Å². The number of nitro groups is 1. The van der Waals surface area contributed by atoms with Crippen molar-refractivity contribution < 1.29 is 19.2 Å². The second kappa shape index (κ2) is 4.93. The lowest BCUT2D eigenvalue weighted by atomic mass is 10.1. The van der Waals surface area contributed by atoms with Crippen molar-refractivity contribution in [2.75, 3.05) is 14.2 Å². The molecule has 7 heteroatoms. The molecule has 1 aromatic carbocycles. The van der Waals surface area contributed by atoms with Crippen LogP contribution in [0.25, 0.3) is 0 Å². The maximum atomic E-state index is 11.4. The molecule has 0 aliphatic heterocycles. The fourth-order valence-corrected chi connectivity index (χ4v) is 1.64. The molecule has 0 bridgehead atoms. The zero-order valence-electron chi connectivity index (χ0n) is 8.52. The molecule has 6 nitrogen and oxygen atoms in total. The van der Waals surface area contributed by atoms with Crippen molar-refractivity contribution in [1.82, 2.24) is 0 Å². The van der Waals surface area contributed by atoms with E-state index in [1.54, 1.807) is 0 Å². The fraction of sp³-hybridized carbons (Fsp3) is 0.222. The van der Waals surface area contributed by atoms with E-state index in [4.69, 9.17) is 4.74 Å². The quantitative estimate of drug-likeness (QED) is 0.484. The first kappa shape index (κ1) is 12.4. The molecule has 1 aromatic rings. The monoisotopic (exact) mass is 289 g/mol. The third kappa shape index (κ3) is 2.30. The van der Waals surface area contributed by atoms with Gasteiger partial charge in [0, 0.05) is 10.5 Å². The van der Waals surface area contributed by atoms with Crippen LogP contribution < -0.4 is 4.74 Å². The van der Waals surface area contributed by atoms with E-state index in [0.717, 1.165) is 0 Å². The number of nitro benzene ring substituents is 1. The SMILES string of the molecule is COC(=O)c1cc(Br)cc([N+](=O)[O-])c1OC. The Bertz CT molecular complexity index is 446. The highest BCUT2D eigenvalue weighted by atomic mass is 79.9. The van der Waals surface area contributed by atoms with Crippen molar-refractivity contribution in [3.8, 4) is 5.75 Å². The van der Waals surface area contributed by atoms with Crippen molar-refractivity contribution in [3.05, 3.63) is 32.3 Å². The summed E-state index contributed by atoms with van der Waals surface area (Å²) < 4.78 is 9.76. The number of nitrogens with zero attached hydrogens (tertiary/aromatic N) is 1. The van der Waals surface area contributed by atoms with E-state index in [9.17, 15) is 14.9 Å². The van der Waals surface area contributed by atoms with Crippen molar-refractivity contribution >= 4 is 27.6 Å². The number of esters is 1. The molecular formula is C9H8BrNO5. The van der Waals surface area contributed by atoms with Crippen LogP contribution in [0.5, 0.6) is 5.75 Å². The molecule has 0 saturated carbocycles. The van der Waals surface area contributed by atoms with E-state index < -0.39 is 10.9 Å². The number of hydrogen-bond acceptors (Lipinski definition) is 5. The van der Waals surface area contributed by atoms with Crippen molar-refractivity contribution in [2.45, 2.75) is 0 Å². The summed E-state index contributed by atoms with van der Waals surface area (Å²) in [6.45, 7) is 0. The molecule has 0 atom stereocenters. The van der Waals surface area contributed by atoms with Gasteiger partial charge in [-0.3, -0.25) is 10.1 Å². The second-order valence-corrected chi connectivity index (χ2v) is 3.67. The Hall–Kier alpha value is -1.63. The van der Waals surface area contributed by atoms with E-state index in [2.05, 4.69) is 20.7 Å². The first-order valence-corrected chi connectivity index (χ1v) is 4.90. The number of carbonyl (C=O) groups excluding carboxylic acids is 1. The van der Waals surface area contributed by atoms with E-state index in [1.165, 1.54) is 26.4 Å². The third-order valence-electron chi connectivity index (χ3n) is 1.84. The van der Waals surface area contributed by atoms with Crippen LogP contribution in [0.3, 0.4) is 0 Å². The number of ether oxygens (including phenoxy) is 2. The van der Waals surface area contributed by atoms with Gasteiger partial charge in [-0.05, 0) is 6.07 Å². The smallest absolute Gasteiger partial charge is 0.341 e. The van der Waals surface area contributed by atoms with Crippen LogP contribution >= 0.6 is 15.9 Å². The summed E-state index contributed by atoms with van der Waals surface area (Å²) in [5.74, 6) is -0.804. The number of carbonyl (C=O) groups is 1. The molecule has 0 spiro atoms. The maximum absolute atomic E-state index is 11.4. The molecule has 0 radical (unpaired) electrons. The molecular weight excluding hydrogens is 282 g/mol. The number of methoxy groups -OCH3 is 2. The average Bonchev–Trinajstić information content (AvgIpc) is 2.26. The first-order valence-electron chi connectivity index (χ1n) is 4.11. The third-order valence-corrected chi connectivity index (χ3v) is 2.30. The molecule has 86 valence electrons. The predicted molar refractivity (Wildman–Crippen MR) is 58.7 cm³/mol. The Kier molecular flexibility index (Phi) is 3.83. The van der Waals surface area contributed by atoms with E-state index >= 15 is 0 Å². The minimum atomic E-state index is -0.693. The summed E-state index contributed by atoms with van der Waals surface area (Å²) >= 11 is 3.07. The van der Waals surface area contributed by atoms with Crippen LogP contribution in [0, 0.1) is 10.1 Å². The summed E-state index contributed by atoms with van der Waals surface area (Å²) in [6.07, 6.45) is 0. The summed E-state index contributed by atoms with van der Waals surface area (Å²) in [7, 11) is 2.44. The summed E-state index contributed by atoms with van der Waals surface area (Å²) in [4.78, 5) is 21.5. The van der Waals surface area contributed by atoms with Crippen molar-refractivity contribution in [1.29, 1.82) is 0 Å². The van der Waals surface area contributed by atoms with Gasteiger partial charge in [-0.2, -0.15) is 0 Å². The van der Waals surface area contributed by atoms with Gasteiger partial charge in [-0.1, -0.05) is 15.9 Å². The van der Waals surface area contributed by atoms with Gasteiger partial charge in [-0.15, -0.1) is 0 Å². The highest BCUT2D eigenvalue weighted by molar-refractivity contribution is 9.10. The van der Waals surface area contributed by atoms with Crippen LogP contribution in [-0.4, -0.2) is 25.1 Å². The van der Waals surface area contributed by atoms with E-state index in [1.807, 2.05) is 0 Å². The van der Waals surface area contributed by atoms with Gasteiger partial charge >= 0.3 is 11.7 Å². The lowest BCUT2D eigenvalue weighted by molar-refractivity contribution is -0.385. The molecule has 0 saturated heterocycles. The molecule has 0 aliphatic carbocycles. The van der Waals surface area contributed by atoms with E-state index in [-0.39, 0.29) is 17.0 Å². The molecule has 0 heterocycles. The van der Waals surface area contributed by atoms with Gasteiger partial charge in [0.25, 0.3) is 0 Å². The molecule has 0 unspecified atom stereocenters. The lowest BCUT2D eigenvalue weighted by Crippen LogP contribution is -2.06.